The Morgan fingerprint density at radius 1 is 1.75 bits per heavy atom. The fraction of sp³-hybridized carbons (Fsp3) is 0.636. The van der Waals surface area contributed by atoms with Crippen molar-refractivity contribution in [2.24, 2.45) is 0 Å². The summed E-state index contributed by atoms with van der Waals surface area (Å²) in [6, 6.07) is 0. The summed E-state index contributed by atoms with van der Waals surface area (Å²) in [6.45, 7) is 5.99. The van der Waals surface area contributed by atoms with E-state index in [1.165, 1.54) is 11.3 Å². The topological polar surface area (TPSA) is 42.4 Å². The van der Waals surface area contributed by atoms with Gasteiger partial charge in [-0.3, -0.25) is 4.79 Å². The second-order valence-corrected chi connectivity index (χ2v) is 4.77. The van der Waals surface area contributed by atoms with E-state index in [4.69, 9.17) is 4.74 Å². The second kappa shape index (κ2) is 4.93. The quantitative estimate of drug-likeness (QED) is 0.790. The Bertz CT molecular complexity index is 378. The van der Waals surface area contributed by atoms with Gasteiger partial charge in [0.2, 0.25) is 0 Å². The van der Waals surface area contributed by atoms with Crippen LogP contribution in [0.25, 0.3) is 0 Å². The number of amides is 1. The first-order chi connectivity index (χ1) is 7.72. The van der Waals surface area contributed by atoms with Crippen molar-refractivity contribution in [3.63, 3.8) is 0 Å². The molecule has 2 rings (SSSR count). The van der Waals surface area contributed by atoms with Crippen LogP contribution in [-0.4, -0.2) is 41.6 Å². The van der Waals surface area contributed by atoms with Crippen LogP contribution >= 0.6 is 11.3 Å². The minimum atomic E-state index is 0.0988. The summed E-state index contributed by atoms with van der Waals surface area (Å²) >= 11 is 1.42. The van der Waals surface area contributed by atoms with Gasteiger partial charge in [-0.1, -0.05) is 6.92 Å². The van der Waals surface area contributed by atoms with Crippen LogP contribution in [0.3, 0.4) is 0 Å². The van der Waals surface area contributed by atoms with Crippen molar-refractivity contribution in [2.75, 3.05) is 19.7 Å². The molecule has 2 heterocycles. The summed E-state index contributed by atoms with van der Waals surface area (Å²) in [5.41, 5.74) is 2.55. The number of carbonyl (C=O) groups excluding carboxylic acids is 1. The van der Waals surface area contributed by atoms with E-state index in [0.717, 1.165) is 17.0 Å². The highest BCUT2D eigenvalue weighted by Gasteiger charge is 2.25. The molecule has 0 aromatic carbocycles. The van der Waals surface area contributed by atoms with Crippen molar-refractivity contribution in [1.29, 1.82) is 0 Å². The SMILES string of the molecule is CC[C@H]1CN(C(=O)c2scnc2C)CCO1. The molecule has 0 N–H and O–H groups in total. The molecule has 5 heteroatoms. The van der Waals surface area contributed by atoms with Gasteiger partial charge in [-0.05, 0) is 13.3 Å². The standard InChI is InChI=1S/C11H16N2O2S/c1-3-9-6-13(4-5-15-9)11(14)10-8(2)12-7-16-10/h7,9H,3-6H2,1-2H3/t9-/m0/s1. The van der Waals surface area contributed by atoms with Crippen molar-refractivity contribution in [2.45, 2.75) is 26.4 Å². The molecule has 1 aromatic rings. The van der Waals surface area contributed by atoms with Crippen LogP contribution in [0.5, 0.6) is 0 Å². The number of thiazole rings is 1. The zero-order valence-corrected chi connectivity index (χ0v) is 10.4. The third kappa shape index (κ3) is 2.25. The van der Waals surface area contributed by atoms with E-state index in [-0.39, 0.29) is 12.0 Å². The van der Waals surface area contributed by atoms with Gasteiger partial charge in [0, 0.05) is 13.1 Å². The first-order valence-electron chi connectivity index (χ1n) is 5.53. The van der Waals surface area contributed by atoms with Gasteiger partial charge < -0.3 is 9.64 Å². The van der Waals surface area contributed by atoms with Crippen LogP contribution in [0.2, 0.25) is 0 Å². The summed E-state index contributed by atoms with van der Waals surface area (Å²) in [5, 5.41) is 0. The highest BCUT2D eigenvalue weighted by molar-refractivity contribution is 7.11. The molecule has 1 fully saturated rings. The average molecular weight is 240 g/mol. The lowest BCUT2D eigenvalue weighted by atomic mass is 10.2. The lowest BCUT2D eigenvalue weighted by Crippen LogP contribution is -2.45. The monoisotopic (exact) mass is 240 g/mol. The van der Waals surface area contributed by atoms with E-state index in [2.05, 4.69) is 11.9 Å². The molecular formula is C11H16N2O2S. The fourth-order valence-electron chi connectivity index (χ4n) is 1.80. The zero-order chi connectivity index (χ0) is 11.5. The summed E-state index contributed by atoms with van der Waals surface area (Å²) in [7, 11) is 0. The molecule has 1 aliphatic heterocycles. The summed E-state index contributed by atoms with van der Waals surface area (Å²) in [6.07, 6.45) is 1.14. The minimum absolute atomic E-state index is 0.0988. The number of rotatable bonds is 2. The number of morpholine rings is 1. The third-order valence-corrected chi connectivity index (χ3v) is 3.74. The molecule has 0 saturated carbocycles. The van der Waals surface area contributed by atoms with E-state index in [9.17, 15) is 4.79 Å². The van der Waals surface area contributed by atoms with Crippen LogP contribution in [-0.2, 0) is 4.74 Å². The lowest BCUT2D eigenvalue weighted by Gasteiger charge is -2.32. The highest BCUT2D eigenvalue weighted by atomic mass is 32.1. The Morgan fingerprint density at radius 2 is 2.56 bits per heavy atom. The van der Waals surface area contributed by atoms with Gasteiger partial charge in [0.15, 0.2) is 0 Å². The molecule has 1 saturated heterocycles. The van der Waals surface area contributed by atoms with E-state index in [1.807, 2.05) is 11.8 Å². The molecule has 1 atom stereocenters. The number of hydrogen-bond acceptors (Lipinski definition) is 4. The number of carbonyl (C=O) groups is 1. The smallest absolute Gasteiger partial charge is 0.266 e. The molecule has 0 spiro atoms. The van der Waals surface area contributed by atoms with Gasteiger partial charge in [0.25, 0.3) is 5.91 Å². The number of aryl methyl sites for hydroxylation is 1. The Balaban J connectivity index is 2.07. The third-order valence-electron chi connectivity index (χ3n) is 2.82. The molecule has 88 valence electrons. The molecule has 0 aliphatic carbocycles. The van der Waals surface area contributed by atoms with Crippen LogP contribution in [0.4, 0.5) is 0 Å². The first-order valence-corrected chi connectivity index (χ1v) is 6.41. The summed E-state index contributed by atoms with van der Waals surface area (Å²) < 4.78 is 5.55. The fourth-order valence-corrected chi connectivity index (χ4v) is 2.57. The number of hydrogen-bond donors (Lipinski definition) is 0. The van der Waals surface area contributed by atoms with Crippen LogP contribution < -0.4 is 0 Å². The van der Waals surface area contributed by atoms with Gasteiger partial charge in [-0.2, -0.15) is 0 Å². The lowest BCUT2D eigenvalue weighted by molar-refractivity contribution is -0.0224. The maximum absolute atomic E-state index is 12.2. The van der Waals surface area contributed by atoms with Crippen molar-refractivity contribution in [1.82, 2.24) is 9.88 Å². The van der Waals surface area contributed by atoms with Crippen LogP contribution in [0.15, 0.2) is 5.51 Å². The van der Waals surface area contributed by atoms with Crippen molar-refractivity contribution in [3.8, 4) is 0 Å². The van der Waals surface area contributed by atoms with E-state index in [0.29, 0.717) is 19.7 Å². The van der Waals surface area contributed by atoms with Gasteiger partial charge >= 0.3 is 0 Å². The van der Waals surface area contributed by atoms with Crippen molar-refractivity contribution >= 4 is 17.2 Å². The summed E-state index contributed by atoms with van der Waals surface area (Å²) in [5.74, 6) is 0.0988. The van der Waals surface area contributed by atoms with E-state index >= 15 is 0 Å². The molecule has 0 radical (unpaired) electrons. The highest BCUT2D eigenvalue weighted by Crippen LogP contribution is 2.17. The van der Waals surface area contributed by atoms with Gasteiger partial charge in [-0.25, -0.2) is 4.98 Å². The average Bonchev–Trinajstić information content (AvgIpc) is 2.74. The molecule has 4 nitrogen and oxygen atoms in total. The summed E-state index contributed by atoms with van der Waals surface area (Å²) in [4.78, 5) is 18.9. The molecule has 0 unspecified atom stereocenters. The maximum Gasteiger partial charge on any atom is 0.266 e. The van der Waals surface area contributed by atoms with Gasteiger partial charge in [0.05, 0.1) is 23.9 Å². The first kappa shape index (κ1) is 11.5. The van der Waals surface area contributed by atoms with Crippen molar-refractivity contribution in [3.05, 3.63) is 16.1 Å². The van der Waals surface area contributed by atoms with Crippen molar-refractivity contribution < 1.29 is 9.53 Å². The van der Waals surface area contributed by atoms with Crippen LogP contribution in [0.1, 0.15) is 28.7 Å². The largest absolute Gasteiger partial charge is 0.375 e. The predicted octanol–water partition coefficient (Wildman–Crippen LogP) is 1.70. The molecule has 1 aromatic heterocycles. The maximum atomic E-state index is 12.2. The van der Waals surface area contributed by atoms with Crippen LogP contribution in [0, 0.1) is 6.92 Å². The predicted molar refractivity (Wildman–Crippen MR) is 62.8 cm³/mol. The normalized spacial score (nSPS) is 21.1. The molecular weight excluding hydrogens is 224 g/mol. The Hall–Kier alpha value is -0.940. The van der Waals surface area contributed by atoms with Gasteiger partial charge in [-0.15, -0.1) is 11.3 Å². The number of aromatic nitrogens is 1. The Morgan fingerprint density at radius 3 is 3.19 bits per heavy atom. The Kier molecular flexibility index (Phi) is 3.56. The molecule has 1 aliphatic rings. The molecule has 1 amide bonds. The second-order valence-electron chi connectivity index (χ2n) is 3.92. The number of nitrogens with zero attached hydrogens (tertiary/aromatic N) is 2. The molecule has 16 heavy (non-hydrogen) atoms. The minimum Gasteiger partial charge on any atom is -0.375 e. The van der Waals surface area contributed by atoms with E-state index < -0.39 is 0 Å². The Labute approximate surface area is 99.2 Å². The zero-order valence-electron chi connectivity index (χ0n) is 9.60. The number of ether oxygens (including phenoxy) is 1. The van der Waals surface area contributed by atoms with Gasteiger partial charge in [0.1, 0.15) is 4.88 Å². The molecule has 0 bridgehead atoms. The van der Waals surface area contributed by atoms with E-state index in [1.54, 1.807) is 5.51 Å².